The molecule has 0 radical (unpaired) electrons. The Morgan fingerprint density at radius 3 is 1.59 bits per heavy atom. The van der Waals surface area contributed by atoms with Crippen LogP contribution in [0, 0.1) is 0 Å². The molecule has 8 aromatic rings. The van der Waals surface area contributed by atoms with E-state index in [4.69, 9.17) is 15.0 Å². The average molecular weight is 694 g/mol. The number of rotatable bonds is 7. The topological polar surface area (TPSA) is 38.7 Å². The average Bonchev–Trinajstić information content (AvgIpc) is 3.25. The van der Waals surface area contributed by atoms with Gasteiger partial charge in [-0.3, -0.25) is 0 Å². The predicted molar refractivity (Wildman–Crippen MR) is 228 cm³/mol. The molecule has 0 N–H and O–H groups in total. The van der Waals surface area contributed by atoms with Crippen molar-refractivity contribution in [2.75, 3.05) is 0 Å². The molecule has 1 heterocycles. The summed E-state index contributed by atoms with van der Waals surface area (Å²) in [5, 5.41) is 4.95. The van der Waals surface area contributed by atoms with Crippen LogP contribution in [0.5, 0.6) is 0 Å². The number of aromatic nitrogens is 3. The maximum absolute atomic E-state index is 5.20. The minimum Gasteiger partial charge on any atom is -0.208 e. The van der Waals surface area contributed by atoms with Crippen LogP contribution in [-0.4, -0.2) is 15.0 Å². The van der Waals surface area contributed by atoms with E-state index in [9.17, 15) is 0 Å². The fourth-order valence-corrected chi connectivity index (χ4v) is 7.80. The lowest BCUT2D eigenvalue weighted by atomic mass is 9.86. The largest absolute Gasteiger partial charge is 0.208 e. The van der Waals surface area contributed by atoms with Gasteiger partial charge in [-0.2, -0.15) is 0 Å². The molecule has 0 bridgehead atoms. The lowest BCUT2D eigenvalue weighted by Crippen LogP contribution is -2.00. The van der Waals surface area contributed by atoms with Gasteiger partial charge in [-0.1, -0.05) is 164 Å². The second-order valence-electron chi connectivity index (χ2n) is 13.8. The Kier molecular flexibility index (Phi) is 8.82. The molecular weight excluding hydrogens is 655 g/mol. The summed E-state index contributed by atoms with van der Waals surface area (Å²) in [5.74, 6) is 1.92. The van der Waals surface area contributed by atoms with E-state index in [-0.39, 0.29) is 0 Å². The SMILES string of the molecule is C/C=C(\C)c1c2ccccc2c(-c2cccc(-c3nc(-c4ccccc4)nc(-c4cccc(-c5ccccc5C5=CCCC=C5)c4)n3)c2)c2ccccc12. The van der Waals surface area contributed by atoms with Crippen molar-refractivity contribution in [2.24, 2.45) is 0 Å². The summed E-state index contributed by atoms with van der Waals surface area (Å²) in [4.78, 5) is 15.4. The van der Waals surface area contributed by atoms with Crippen LogP contribution in [0.3, 0.4) is 0 Å². The van der Waals surface area contributed by atoms with E-state index in [1.54, 1.807) is 0 Å². The fraction of sp³-hybridized carbons (Fsp3) is 0.0784. The van der Waals surface area contributed by atoms with Crippen molar-refractivity contribution in [1.82, 2.24) is 15.0 Å². The Labute approximate surface area is 316 Å². The van der Waals surface area contributed by atoms with Gasteiger partial charge in [0.2, 0.25) is 0 Å². The van der Waals surface area contributed by atoms with E-state index < -0.39 is 0 Å². The molecule has 3 heteroatoms. The van der Waals surface area contributed by atoms with Gasteiger partial charge in [0, 0.05) is 16.7 Å². The third-order valence-corrected chi connectivity index (χ3v) is 10.5. The number of allylic oxidation sites excluding steroid dienone is 6. The summed E-state index contributed by atoms with van der Waals surface area (Å²) in [6, 6.07) is 53.7. The second-order valence-corrected chi connectivity index (χ2v) is 13.8. The number of benzene rings is 7. The van der Waals surface area contributed by atoms with Crippen LogP contribution < -0.4 is 0 Å². The van der Waals surface area contributed by atoms with Gasteiger partial charge in [-0.25, -0.2) is 15.0 Å². The van der Waals surface area contributed by atoms with Crippen LogP contribution in [0.1, 0.15) is 37.8 Å². The van der Waals surface area contributed by atoms with E-state index in [0.717, 1.165) is 40.7 Å². The van der Waals surface area contributed by atoms with Gasteiger partial charge < -0.3 is 0 Å². The molecule has 1 aromatic heterocycles. The third kappa shape index (κ3) is 6.14. The number of hydrogen-bond acceptors (Lipinski definition) is 3. The van der Waals surface area contributed by atoms with Crippen molar-refractivity contribution >= 4 is 32.7 Å². The highest BCUT2D eigenvalue weighted by Crippen LogP contribution is 2.42. The van der Waals surface area contributed by atoms with Gasteiger partial charge in [0.25, 0.3) is 0 Å². The van der Waals surface area contributed by atoms with Gasteiger partial charge >= 0.3 is 0 Å². The van der Waals surface area contributed by atoms with Crippen LogP contribution >= 0.6 is 0 Å². The lowest BCUT2D eigenvalue weighted by molar-refractivity contribution is 1.04. The molecule has 1 aliphatic rings. The zero-order chi connectivity index (χ0) is 36.4. The molecule has 3 nitrogen and oxygen atoms in total. The van der Waals surface area contributed by atoms with Crippen LogP contribution in [0.4, 0.5) is 0 Å². The molecule has 54 heavy (non-hydrogen) atoms. The maximum Gasteiger partial charge on any atom is 0.164 e. The molecule has 0 aliphatic heterocycles. The monoisotopic (exact) mass is 693 g/mol. The van der Waals surface area contributed by atoms with Crippen molar-refractivity contribution in [3.8, 4) is 56.4 Å². The van der Waals surface area contributed by atoms with Crippen molar-refractivity contribution in [1.29, 1.82) is 0 Å². The first kappa shape index (κ1) is 33.1. The number of hydrogen-bond donors (Lipinski definition) is 0. The zero-order valence-corrected chi connectivity index (χ0v) is 30.5. The van der Waals surface area contributed by atoms with E-state index >= 15 is 0 Å². The van der Waals surface area contributed by atoms with Crippen LogP contribution in [-0.2, 0) is 0 Å². The summed E-state index contributed by atoms with van der Waals surface area (Å²) in [6.07, 6.45) is 11.2. The molecule has 0 atom stereocenters. The van der Waals surface area contributed by atoms with Crippen LogP contribution in [0.25, 0.3) is 89.1 Å². The zero-order valence-electron chi connectivity index (χ0n) is 30.5. The second kappa shape index (κ2) is 14.4. The summed E-state index contributed by atoms with van der Waals surface area (Å²) in [5.41, 5.74) is 12.5. The Balaban J connectivity index is 1.21. The molecule has 9 rings (SSSR count). The molecule has 0 saturated heterocycles. The van der Waals surface area contributed by atoms with Gasteiger partial charge in [0.15, 0.2) is 17.5 Å². The minimum absolute atomic E-state index is 0.638. The molecule has 0 saturated carbocycles. The smallest absolute Gasteiger partial charge is 0.164 e. The quantitative estimate of drug-likeness (QED) is 0.156. The molecule has 258 valence electrons. The minimum atomic E-state index is 0.638. The predicted octanol–water partition coefficient (Wildman–Crippen LogP) is 13.7. The van der Waals surface area contributed by atoms with Gasteiger partial charge in [0.05, 0.1) is 0 Å². The molecule has 0 unspecified atom stereocenters. The molecule has 0 amide bonds. The first-order chi connectivity index (χ1) is 26.7. The Morgan fingerprint density at radius 2 is 0.981 bits per heavy atom. The van der Waals surface area contributed by atoms with Crippen LogP contribution in [0.15, 0.2) is 176 Å². The molecule has 0 spiro atoms. The molecule has 0 fully saturated rings. The van der Waals surface area contributed by atoms with Gasteiger partial charge in [-0.05, 0) is 105 Å². The van der Waals surface area contributed by atoms with E-state index in [0.29, 0.717) is 17.5 Å². The highest BCUT2D eigenvalue weighted by atomic mass is 15.0. The standard InChI is InChI=1S/C51H39N3/c1-3-34(2)47-43-28-12-14-30-45(43)48(46-31-15-13-29-44(46)47)38-23-17-25-40(33-38)51-53-49(36-20-8-5-9-21-36)52-50(54-51)39-24-16-22-37(32-39)42-27-11-10-26-41(42)35-18-6-4-7-19-35/h3,5-6,8-33H,4,7H2,1-2H3/b34-3+. The molecular formula is C51H39N3. The fourth-order valence-electron chi connectivity index (χ4n) is 7.80. The highest BCUT2D eigenvalue weighted by molar-refractivity contribution is 6.18. The lowest BCUT2D eigenvalue weighted by Gasteiger charge is -2.18. The Hall–Kier alpha value is -6.71. The Bertz CT molecular complexity index is 2730. The van der Waals surface area contributed by atoms with Gasteiger partial charge in [-0.15, -0.1) is 0 Å². The normalized spacial score (nSPS) is 13.0. The van der Waals surface area contributed by atoms with Crippen LogP contribution in [0.2, 0.25) is 0 Å². The Morgan fingerprint density at radius 1 is 0.481 bits per heavy atom. The van der Waals surface area contributed by atoms with Crippen molar-refractivity contribution in [3.63, 3.8) is 0 Å². The number of fused-ring (bicyclic) bond motifs is 2. The van der Waals surface area contributed by atoms with Crippen molar-refractivity contribution < 1.29 is 0 Å². The van der Waals surface area contributed by atoms with Gasteiger partial charge in [0.1, 0.15) is 0 Å². The third-order valence-electron chi connectivity index (χ3n) is 10.5. The highest BCUT2D eigenvalue weighted by Gasteiger charge is 2.18. The van der Waals surface area contributed by atoms with E-state index in [1.165, 1.54) is 54.9 Å². The summed E-state index contributed by atoms with van der Waals surface area (Å²) in [7, 11) is 0. The molecule has 7 aromatic carbocycles. The first-order valence-electron chi connectivity index (χ1n) is 18.7. The first-order valence-corrected chi connectivity index (χ1v) is 18.7. The van der Waals surface area contributed by atoms with E-state index in [2.05, 4.69) is 172 Å². The summed E-state index contributed by atoms with van der Waals surface area (Å²) in [6.45, 7) is 4.32. The van der Waals surface area contributed by atoms with E-state index in [1.807, 2.05) is 18.2 Å². The maximum atomic E-state index is 5.20. The van der Waals surface area contributed by atoms with Crippen molar-refractivity contribution in [2.45, 2.75) is 26.7 Å². The summed E-state index contributed by atoms with van der Waals surface area (Å²) < 4.78 is 0. The van der Waals surface area contributed by atoms with Crippen molar-refractivity contribution in [3.05, 3.63) is 187 Å². The molecule has 1 aliphatic carbocycles. The number of nitrogens with zero attached hydrogens (tertiary/aromatic N) is 3. The summed E-state index contributed by atoms with van der Waals surface area (Å²) >= 11 is 0.